The summed E-state index contributed by atoms with van der Waals surface area (Å²) in [5.41, 5.74) is 7.75. The van der Waals surface area contributed by atoms with Gasteiger partial charge in [0.1, 0.15) is 5.84 Å². The fraction of sp³-hybridized carbons (Fsp3) is 0.208. The van der Waals surface area contributed by atoms with Crippen molar-refractivity contribution >= 4 is 17.4 Å². The second-order valence-electron chi connectivity index (χ2n) is 7.07. The zero-order valence-corrected chi connectivity index (χ0v) is 17.0. The molecule has 0 aliphatic heterocycles. The monoisotopic (exact) mass is 399 g/mol. The smallest absolute Gasteiger partial charge is 0.257 e. The highest BCUT2D eigenvalue weighted by Gasteiger charge is 2.24. The molecule has 6 nitrogen and oxygen atoms in total. The van der Waals surface area contributed by atoms with E-state index in [4.69, 9.17) is 11.1 Å². The average molecular weight is 399 g/mol. The third kappa shape index (κ3) is 5.43. The Morgan fingerprint density at radius 2 is 2.13 bits per heavy atom. The average Bonchev–Trinajstić information content (AvgIpc) is 3.49. The van der Waals surface area contributed by atoms with Crippen molar-refractivity contribution in [3.8, 4) is 11.8 Å². The van der Waals surface area contributed by atoms with Gasteiger partial charge in [0, 0.05) is 17.8 Å². The topological polar surface area (TPSA) is 88.0 Å². The van der Waals surface area contributed by atoms with Crippen molar-refractivity contribution in [1.82, 2.24) is 9.78 Å². The normalized spacial score (nSPS) is 14.7. The summed E-state index contributed by atoms with van der Waals surface area (Å²) in [6.07, 6.45) is 12.4. The van der Waals surface area contributed by atoms with Gasteiger partial charge in [-0.25, -0.2) is 0 Å². The molecule has 3 N–H and O–H groups in total. The Hall–Kier alpha value is -3.69. The molecule has 0 bridgehead atoms. The highest BCUT2D eigenvalue weighted by atomic mass is 16.2. The van der Waals surface area contributed by atoms with E-state index in [1.807, 2.05) is 29.1 Å². The van der Waals surface area contributed by atoms with Gasteiger partial charge in [-0.3, -0.25) is 19.8 Å². The van der Waals surface area contributed by atoms with Gasteiger partial charge in [0.25, 0.3) is 5.91 Å². The maximum absolute atomic E-state index is 13.1. The van der Waals surface area contributed by atoms with E-state index in [0.717, 1.165) is 18.4 Å². The van der Waals surface area contributed by atoms with Gasteiger partial charge in [0.15, 0.2) is 0 Å². The van der Waals surface area contributed by atoms with Crippen LogP contribution in [0.1, 0.15) is 31.4 Å². The van der Waals surface area contributed by atoms with Crippen molar-refractivity contribution in [3.63, 3.8) is 0 Å². The van der Waals surface area contributed by atoms with Crippen LogP contribution in [-0.4, -0.2) is 27.6 Å². The number of nitrogens with one attached hydrogen (secondary N) is 1. The Morgan fingerprint density at radius 1 is 1.40 bits per heavy atom. The largest absolute Gasteiger partial charge is 0.322 e. The fourth-order valence-electron chi connectivity index (χ4n) is 2.75. The summed E-state index contributed by atoms with van der Waals surface area (Å²) in [5.74, 6) is 5.69. The number of amides is 1. The van der Waals surface area contributed by atoms with Crippen LogP contribution in [0.15, 0.2) is 79.2 Å². The van der Waals surface area contributed by atoms with Crippen molar-refractivity contribution in [2.24, 2.45) is 5.73 Å². The van der Waals surface area contributed by atoms with Gasteiger partial charge in [-0.1, -0.05) is 48.8 Å². The number of nitrogens with two attached hydrogens (primary N) is 1. The van der Waals surface area contributed by atoms with E-state index < -0.39 is 11.9 Å². The van der Waals surface area contributed by atoms with Crippen LogP contribution in [0, 0.1) is 17.3 Å². The Kier molecular flexibility index (Phi) is 6.79. The number of nitrogens with zero attached hydrogens (tertiary/aromatic N) is 3. The molecule has 3 rings (SSSR count). The molecule has 152 valence electrons. The Bertz CT molecular complexity index is 1050. The standard InChI is InChI=1S/C24H25N5O/c1-3-4-8-19(11-12-20-16-27-28(17-20)21-13-14-21)15-23(30)29(24(26)18(2)25)22-9-6-5-7-10-22/h3-10,15-18,21,26H,1,13-14,25H2,2H3/b8-4-,19-15-,26-24?/t18-/m0/s1. The van der Waals surface area contributed by atoms with E-state index in [1.165, 1.54) is 11.0 Å². The molecule has 1 saturated carbocycles. The highest BCUT2D eigenvalue weighted by molar-refractivity contribution is 6.21. The molecule has 30 heavy (non-hydrogen) atoms. The second kappa shape index (κ2) is 9.68. The molecule has 1 aromatic carbocycles. The lowest BCUT2D eigenvalue weighted by Crippen LogP contribution is -2.44. The van der Waals surface area contributed by atoms with Crippen molar-refractivity contribution in [3.05, 3.63) is 84.7 Å². The number of amidine groups is 1. The minimum Gasteiger partial charge on any atom is -0.322 e. The van der Waals surface area contributed by atoms with Crippen LogP contribution in [-0.2, 0) is 4.79 Å². The van der Waals surface area contributed by atoms with E-state index in [1.54, 1.807) is 43.5 Å². The van der Waals surface area contributed by atoms with Crippen LogP contribution < -0.4 is 10.6 Å². The zero-order chi connectivity index (χ0) is 21.5. The predicted octanol–water partition coefficient (Wildman–Crippen LogP) is 3.60. The minimum absolute atomic E-state index is 0.00756. The van der Waals surface area contributed by atoms with Gasteiger partial charge in [-0.15, -0.1) is 0 Å². The van der Waals surface area contributed by atoms with Gasteiger partial charge >= 0.3 is 0 Å². The van der Waals surface area contributed by atoms with Crippen LogP contribution >= 0.6 is 0 Å². The molecule has 1 aliphatic carbocycles. The zero-order valence-electron chi connectivity index (χ0n) is 17.0. The molecular formula is C24H25N5O. The number of rotatable bonds is 6. The summed E-state index contributed by atoms with van der Waals surface area (Å²) in [7, 11) is 0. The van der Waals surface area contributed by atoms with E-state index >= 15 is 0 Å². The number of hydrogen-bond acceptors (Lipinski definition) is 4. The van der Waals surface area contributed by atoms with E-state index in [-0.39, 0.29) is 5.84 Å². The Labute approximate surface area is 176 Å². The first kappa shape index (κ1) is 21.0. The van der Waals surface area contributed by atoms with E-state index in [0.29, 0.717) is 17.3 Å². The molecule has 1 atom stereocenters. The van der Waals surface area contributed by atoms with Gasteiger partial charge in [-0.2, -0.15) is 5.10 Å². The van der Waals surface area contributed by atoms with Gasteiger partial charge in [-0.05, 0) is 38.0 Å². The predicted molar refractivity (Wildman–Crippen MR) is 120 cm³/mol. The molecule has 6 heteroatoms. The number of benzene rings is 1. The lowest BCUT2D eigenvalue weighted by Gasteiger charge is -2.24. The number of allylic oxidation sites excluding steroid dienone is 4. The molecule has 1 aliphatic rings. The van der Waals surface area contributed by atoms with Gasteiger partial charge < -0.3 is 5.73 Å². The van der Waals surface area contributed by atoms with Gasteiger partial charge in [0.05, 0.1) is 29.5 Å². The third-order valence-electron chi connectivity index (χ3n) is 4.47. The lowest BCUT2D eigenvalue weighted by atomic mass is 10.1. The molecule has 0 unspecified atom stereocenters. The van der Waals surface area contributed by atoms with Crippen molar-refractivity contribution in [2.45, 2.75) is 31.8 Å². The fourth-order valence-corrected chi connectivity index (χ4v) is 2.75. The SMILES string of the molecule is C=C/C=C\C(C#Cc1cnn(C2CC2)c1)=C\C(=O)N(C(=N)[C@H](C)N)c1ccccc1. The first-order chi connectivity index (χ1) is 14.5. The number of carbonyl (C=O) groups is 1. The number of carbonyl (C=O) groups excluding carboxylic acids is 1. The summed E-state index contributed by atoms with van der Waals surface area (Å²) in [6, 6.07) is 8.88. The molecular weight excluding hydrogens is 374 g/mol. The molecule has 0 saturated heterocycles. The summed E-state index contributed by atoms with van der Waals surface area (Å²) < 4.78 is 1.93. The summed E-state index contributed by atoms with van der Waals surface area (Å²) in [6.45, 7) is 5.34. The minimum atomic E-state index is -0.603. The Morgan fingerprint density at radius 3 is 2.77 bits per heavy atom. The van der Waals surface area contributed by atoms with Crippen LogP contribution in [0.3, 0.4) is 0 Å². The second-order valence-corrected chi connectivity index (χ2v) is 7.07. The number of anilines is 1. The number of hydrogen-bond donors (Lipinski definition) is 2. The molecule has 1 aromatic heterocycles. The molecule has 2 aromatic rings. The molecule has 0 radical (unpaired) electrons. The van der Waals surface area contributed by atoms with Crippen LogP contribution in [0.5, 0.6) is 0 Å². The molecule has 0 spiro atoms. The van der Waals surface area contributed by atoms with Crippen LogP contribution in [0.4, 0.5) is 5.69 Å². The molecule has 1 heterocycles. The van der Waals surface area contributed by atoms with Crippen molar-refractivity contribution in [1.29, 1.82) is 5.41 Å². The van der Waals surface area contributed by atoms with Crippen molar-refractivity contribution in [2.75, 3.05) is 4.90 Å². The van der Waals surface area contributed by atoms with Crippen LogP contribution in [0.25, 0.3) is 0 Å². The maximum atomic E-state index is 13.1. The van der Waals surface area contributed by atoms with Gasteiger partial charge in [0.2, 0.25) is 0 Å². The first-order valence-corrected chi connectivity index (χ1v) is 9.79. The highest BCUT2D eigenvalue weighted by Crippen LogP contribution is 2.33. The summed E-state index contributed by atoms with van der Waals surface area (Å²) in [4.78, 5) is 14.4. The quantitative estimate of drug-likeness (QED) is 0.256. The lowest BCUT2D eigenvalue weighted by molar-refractivity contribution is -0.113. The molecule has 1 fully saturated rings. The maximum Gasteiger partial charge on any atom is 0.257 e. The summed E-state index contributed by atoms with van der Waals surface area (Å²) in [5, 5.41) is 12.6. The third-order valence-corrected chi connectivity index (χ3v) is 4.47. The Balaban J connectivity index is 1.91. The van der Waals surface area contributed by atoms with Crippen LogP contribution in [0.2, 0.25) is 0 Å². The number of para-hydroxylation sites is 1. The first-order valence-electron chi connectivity index (χ1n) is 9.79. The van der Waals surface area contributed by atoms with E-state index in [9.17, 15) is 4.79 Å². The summed E-state index contributed by atoms with van der Waals surface area (Å²) >= 11 is 0. The van der Waals surface area contributed by atoms with Crippen molar-refractivity contribution < 1.29 is 4.79 Å². The molecule has 1 amide bonds. The van der Waals surface area contributed by atoms with E-state index in [2.05, 4.69) is 23.5 Å². The number of aromatic nitrogens is 2.